The third-order valence-electron chi connectivity index (χ3n) is 4.38. The lowest BCUT2D eigenvalue weighted by Gasteiger charge is -2.33. The number of nitrogens with zero attached hydrogens (tertiary/aromatic N) is 5. The summed E-state index contributed by atoms with van der Waals surface area (Å²) in [6, 6.07) is 7.68. The van der Waals surface area contributed by atoms with Crippen molar-refractivity contribution < 1.29 is 9.53 Å². The second kappa shape index (κ2) is 6.77. The van der Waals surface area contributed by atoms with Crippen LogP contribution in [0.5, 0.6) is 0 Å². The van der Waals surface area contributed by atoms with Gasteiger partial charge in [-0.15, -0.1) is 0 Å². The molecule has 8 heteroatoms. The molecular formula is C18H18BrN5O2. The molecule has 1 aliphatic heterocycles. The number of benzene rings is 1. The molecule has 0 N–H and O–H groups in total. The van der Waals surface area contributed by atoms with E-state index in [0.717, 1.165) is 21.4 Å². The molecule has 1 aliphatic rings. The summed E-state index contributed by atoms with van der Waals surface area (Å²) in [7, 11) is 0. The smallest absolute Gasteiger partial charge is 0.254 e. The highest BCUT2D eigenvalue weighted by Crippen LogP contribution is 2.25. The molecule has 1 amide bonds. The largest absolute Gasteiger partial charge is 0.368 e. The van der Waals surface area contributed by atoms with E-state index in [4.69, 9.17) is 4.74 Å². The van der Waals surface area contributed by atoms with Gasteiger partial charge in [0.2, 0.25) is 0 Å². The Morgan fingerprint density at radius 1 is 1.27 bits per heavy atom. The second-order valence-electron chi connectivity index (χ2n) is 6.42. The van der Waals surface area contributed by atoms with Gasteiger partial charge in [0.1, 0.15) is 12.4 Å². The Morgan fingerprint density at radius 2 is 2.12 bits per heavy atom. The first kappa shape index (κ1) is 17.1. The number of rotatable bonds is 2. The summed E-state index contributed by atoms with van der Waals surface area (Å²) in [5.74, 6) is 0.540. The van der Waals surface area contributed by atoms with Crippen LogP contribution >= 0.6 is 15.9 Å². The van der Waals surface area contributed by atoms with Crippen LogP contribution in [0.15, 0.2) is 35.1 Å². The molecule has 134 valence electrons. The van der Waals surface area contributed by atoms with Crippen molar-refractivity contribution in [1.29, 1.82) is 0 Å². The first-order valence-corrected chi connectivity index (χ1v) is 9.16. The Kier molecular flexibility index (Phi) is 4.46. The summed E-state index contributed by atoms with van der Waals surface area (Å²) in [6.07, 6.45) is 1.20. The zero-order chi connectivity index (χ0) is 18.3. The number of aromatic nitrogens is 4. The van der Waals surface area contributed by atoms with Crippen LogP contribution < -0.4 is 0 Å². The van der Waals surface area contributed by atoms with E-state index >= 15 is 0 Å². The highest BCUT2D eigenvalue weighted by molar-refractivity contribution is 9.10. The van der Waals surface area contributed by atoms with Crippen molar-refractivity contribution in [2.24, 2.45) is 0 Å². The van der Waals surface area contributed by atoms with Crippen molar-refractivity contribution in [3.8, 4) is 0 Å². The highest BCUT2D eigenvalue weighted by Gasteiger charge is 2.28. The molecule has 0 radical (unpaired) electrons. The standard InChI is InChI=1S/C18H18BrN5O2/c1-11-5-13(8-14(19)6-11)17(25)23-3-4-26-16(9-23)15-7-12(2)22-18-20-10-21-24(15)18/h5-8,10,16H,3-4,9H2,1-2H3. The maximum Gasteiger partial charge on any atom is 0.254 e. The number of hydrogen-bond donors (Lipinski definition) is 0. The summed E-state index contributed by atoms with van der Waals surface area (Å²) >= 11 is 3.46. The van der Waals surface area contributed by atoms with E-state index in [1.165, 1.54) is 6.33 Å². The molecule has 1 atom stereocenters. The fraction of sp³-hybridized carbons (Fsp3) is 0.333. The van der Waals surface area contributed by atoms with Gasteiger partial charge in [0.05, 0.1) is 18.8 Å². The van der Waals surface area contributed by atoms with Crippen molar-refractivity contribution in [3.63, 3.8) is 0 Å². The van der Waals surface area contributed by atoms with E-state index in [1.54, 1.807) is 4.52 Å². The maximum absolute atomic E-state index is 13.0. The van der Waals surface area contributed by atoms with Gasteiger partial charge in [-0.3, -0.25) is 4.79 Å². The van der Waals surface area contributed by atoms with E-state index in [0.29, 0.717) is 31.0 Å². The van der Waals surface area contributed by atoms with Gasteiger partial charge in [0.15, 0.2) is 0 Å². The van der Waals surface area contributed by atoms with Crippen LogP contribution in [0.2, 0.25) is 0 Å². The van der Waals surface area contributed by atoms with E-state index in [1.807, 2.05) is 43.0 Å². The molecule has 3 heterocycles. The molecule has 2 aromatic heterocycles. The Balaban J connectivity index is 1.63. The number of ether oxygens (including phenoxy) is 1. The topological polar surface area (TPSA) is 72.6 Å². The first-order chi connectivity index (χ1) is 12.5. The predicted octanol–water partition coefficient (Wildman–Crippen LogP) is 2.72. The van der Waals surface area contributed by atoms with Crippen LogP contribution in [0.4, 0.5) is 0 Å². The zero-order valence-electron chi connectivity index (χ0n) is 14.5. The van der Waals surface area contributed by atoms with Crippen molar-refractivity contribution in [3.05, 3.63) is 57.6 Å². The Hall–Kier alpha value is -2.32. The van der Waals surface area contributed by atoms with Gasteiger partial charge in [0.25, 0.3) is 11.7 Å². The monoisotopic (exact) mass is 415 g/mol. The van der Waals surface area contributed by atoms with Crippen molar-refractivity contribution in [2.45, 2.75) is 20.0 Å². The summed E-state index contributed by atoms with van der Waals surface area (Å²) in [5, 5.41) is 4.24. The molecule has 1 saturated heterocycles. The average molecular weight is 416 g/mol. The molecule has 1 unspecified atom stereocenters. The Bertz CT molecular complexity index is 967. The van der Waals surface area contributed by atoms with Crippen LogP contribution in [0, 0.1) is 13.8 Å². The normalized spacial score (nSPS) is 17.7. The molecule has 4 rings (SSSR count). The number of morpholine rings is 1. The molecule has 0 aliphatic carbocycles. The molecule has 0 saturated carbocycles. The fourth-order valence-corrected chi connectivity index (χ4v) is 3.85. The minimum Gasteiger partial charge on any atom is -0.368 e. The Labute approximate surface area is 159 Å². The molecule has 1 aromatic carbocycles. The molecule has 3 aromatic rings. The average Bonchev–Trinajstić information content (AvgIpc) is 3.08. The number of fused-ring (bicyclic) bond motifs is 1. The third kappa shape index (κ3) is 3.22. The number of carbonyl (C=O) groups excluding carboxylic acids is 1. The minimum absolute atomic E-state index is 0.00307. The number of aryl methyl sites for hydroxylation is 2. The highest BCUT2D eigenvalue weighted by atomic mass is 79.9. The van der Waals surface area contributed by atoms with E-state index in [-0.39, 0.29) is 12.0 Å². The molecule has 0 spiro atoms. The SMILES string of the molecule is Cc1cc(Br)cc(C(=O)N2CCOC(c3cc(C)nc4ncnn34)C2)c1. The van der Waals surface area contributed by atoms with Crippen molar-refractivity contribution in [2.75, 3.05) is 19.7 Å². The van der Waals surface area contributed by atoms with Crippen LogP contribution in [-0.4, -0.2) is 50.1 Å². The molecular weight excluding hydrogens is 398 g/mol. The number of carbonyl (C=O) groups is 1. The summed E-state index contributed by atoms with van der Waals surface area (Å²) in [5.41, 5.74) is 3.42. The summed E-state index contributed by atoms with van der Waals surface area (Å²) < 4.78 is 8.52. The lowest BCUT2D eigenvalue weighted by molar-refractivity contribution is -0.0257. The molecule has 1 fully saturated rings. The van der Waals surface area contributed by atoms with Gasteiger partial charge in [-0.2, -0.15) is 14.6 Å². The fourth-order valence-electron chi connectivity index (χ4n) is 3.24. The van der Waals surface area contributed by atoms with Gasteiger partial charge in [-0.25, -0.2) is 4.98 Å². The number of hydrogen-bond acceptors (Lipinski definition) is 5. The molecule has 26 heavy (non-hydrogen) atoms. The lowest BCUT2D eigenvalue weighted by Crippen LogP contribution is -2.42. The second-order valence-corrected chi connectivity index (χ2v) is 7.34. The minimum atomic E-state index is -0.271. The van der Waals surface area contributed by atoms with E-state index in [9.17, 15) is 4.79 Å². The van der Waals surface area contributed by atoms with Crippen molar-refractivity contribution in [1.82, 2.24) is 24.5 Å². The van der Waals surface area contributed by atoms with Crippen LogP contribution in [-0.2, 0) is 4.74 Å². The first-order valence-electron chi connectivity index (χ1n) is 8.36. The number of amides is 1. The number of halogens is 1. The van der Waals surface area contributed by atoms with Gasteiger partial charge in [-0.1, -0.05) is 15.9 Å². The predicted molar refractivity (Wildman–Crippen MR) is 99.0 cm³/mol. The summed E-state index contributed by atoms with van der Waals surface area (Å²) in [4.78, 5) is 23.3. The summed E-state index contributed by atoms with van der Waals surface area (Å²) in [6.45, 7) is 5.38. The quantitative estimate of drug-likeness (QED) is 0.643. The van der Waals surface area contributed by atoms with Crippen LogP contribution in [0.3, 0.4) is 0 Å². The molecule has 0 bridgehead atoms. The van der Waals surface area contributed by atoms with Gasteiger partial charge < -0.3 is 9.64 Å². The zero-order valence-corrected chi connectivity index (χ0v) is 16.1. The van der Waals surface area contributed by atoms with Gasteiger partial charge in [-0.05, 0) is 43.7 Å². The van der Waals surface area contributed by atoms with E-state index in [2.05, 4.69) is 31.0 Å². The van der Waals surface area contributed by atoms with Crippen LogP contribution in [0.1, 0.15) is 33.4 Å². The van der Waals surface area contributed by atoms with Gasteiger partial charge >= 0.3 is 0 Å². The lowest BCUT2D eigenvalue weighted by atomic mass is 10.1. The van der Waals surface area contributed by atoms with Crippen molar-refractivity contribution >= 4 is 27.6 Å². The third-order valence-corrected chi connectivity index (χ3v) is 4.84. The van der Waals surface area contributed by atoms with Gasteiger partial charge in [0, 0.05) is 22.3 Å². The van der Waals surface area contributed by atoms with E-state index < -0.39 is 0 Å². The maximum atomic E-state index is 13.0. The molecule has 7 nitrogen and oxygen atoms in total. The van der Waals surface area contributed by atoms with Crippen LogP contribution in [0.25, 0.3) is 5.78 Å². The Morgan fingerprint density at radius 3 is 2.92 bits per heavy atom.